The third kappa shape index (κ3) is 3.22. The Bertz CT molecular complexity index is 399. The molecule has 2 heterocycles. The average molecular weight is 257 g/mol. The van der Waals surface area contributed by atoms with Crippen molar-refractivity contribution in [1.29, 1.82) is 0 Å². The van der Waals surface area contributed by atoms with E-state index in [2.05, 4.69) is 10.3 Å². The lowest BCUT2D eigenvalue weighted by atomic mass is 10.3. The van der Waals surface area contributed by atoms with Crippen molar-refractivity contribution in [2.75, 3.05) is 18.4 Å². The van der Waals surface area contributed by atoms with Crippen LogP contribution in [0.1, 0.15) is 12.6 Å². The van der Waals surface area contributed by atoms with Crippen molar-refractivity contribution in [3.05, 3.63) is 11.1 Å². The Hall–Kier alpha value is -1.02. The third-order valence-electron chi connectivity index (χ3n) is 2.55. The minimum absolute atomic E-state index is 0.141. The Kier molecular flexibility index (Phi) is 3.72. The van der Waals surface area contributed by atoms with Crippen molar-refractivity contribution < 1.29 is 15.0 Å². The van der Waals surface area contributed by atoms with Crippen molar-refractivity contribution in [2.24, 2.45) is 0 Å². The van der Waals surface area contributed by atoms with Gasteiger partial charge in [-0.3, -0.25) is 9.69 Å². The highest BCUT2D eigenvalue weighted by Gasteiger charge is 2.29. The van der Waals surface area contributed by atoms with E-state index in [-0.39, 0.29) is 5.91 Å². The number of carbonyl (C=O) groups is 1. The molecule has 2 atom stereocenters. The highest BCUT2D eigenvalue weighted by atomic mass is 32.1. The number of amides is 1. The first kappa shape index (κ1) is 12.4. The summed E-state index contributed by atoms with van der Waals surface area (Å²) < 4.78 is 0. The number of nitrogens with zero attached hydrogens (tertiary/aromatic N) is 2. The van der Waals surface area contributed by atoms with Crippen LogP contribution in [0.25, 0.3) is 0 Å². The van der Waals surface area contributed by atoms with E-state index in [1.807, 2.05) is 10.3 Å². The van der Waals surface area contributed by atoms with Crippen LogP contribution in [0.3, 0.4) is 0 Å². The van der Waals surface area contributed by atoms with Crippen LogP contribution >= 0.6 is 11.3 Å². The molecule has 1 aliphatic rings. The van der Waals surface area contributed by atoms with Crippen molar-refractivity contribution in [2.45, 2.75) is 25.7 Å². The van der Waals surface area contributed by atoms with Crippen LogP contribution < -0.4 is 5.32 Å². The zero-order chi connectivity index (χ0) is 12.4. The third-order valence-corrected chi connectivity index (χ3v) is 3.36. The molecular formula is C10H15N3O3S. The van der Waals surface area contributed by atoms with Gasteiger partial charge in [-0.1, -0.05) is 0 Å². The number of carbonyl (C=O) groups excluding carboxylic acids is 1. The highest BCUT2D eigenvalue weighted by molar-refractivity contribution is 7.13. The summed E-state index contributed by atoms with van der Waals surface area (Å²) in [6.45, 7) is 2.92. The molecule has 6 nitrogen and oxygen atoms in total. The zero-order valence-corrected chi connectivity index (χ0v) is 10.3. The Morgan fingerprint density at radius 2 is 2.24 bits per heavy atom. The summed E-state index contributed by atoms with van der Waals surface area (Å²) in [5, 5.41) is 23.9. The van der Waals surface area contributed by atoms with Crippen molar-refractivity contribution >= 4 is 22.4 Å². The van der Waals surface area contributed by atoms with Gasteiger partial charge in [-0.25, -0.2) is 4.98 Å². The van der Waals surface area contributed by atoms with E-state index in [9.17, 15) is 15.0 Å². The van der Waals surface area contributed by atoms with Crippen LogP contribution in [-0.4, -0.2) is 51.3 Å². The average Bonchev–Trinajstić information content (AvgIpc) is 2.75. The number of aliphatic hydroxyl groups excluding tert-OH is 2. The number of rotatable bonds is 3. The van der Waals surface area contributed by atoms with Gasteiger partial charge in [-0.05, 0) is 0 Å². The predicted molar refractivity (Wildman–Crippen MR) is 63.7 cm³/mol. The Morgan fingerprint density at radius 1 is 1.59 bits per heavy atom. The number of aromatic nitrogens is 1. The SMILES string of the molecule is CC(=O)Nc1nc(CN2CC(O)C(O)C2)cs1. The number of β-amino-alcohol motifs (C(OH)–C–C–N with tert-alkyl or cyclic N) is 2. The molecular weight excluding hydrogens is 242 g/mol. The van der Waals surface area contributed by atoms with Gasteiger partial charge in [0.05, 0.1) is 17.9 Å². The summed E-state index contributed by atoms with van der Waals surface area (Å²) in [5.74, 6) is -0.141. The first-order chi connectivity index (χ1) is 8.04. The van der Waals surface area contributed by atoms with E-state index in [4.69, 9.17) is 0 Å². The van der Waals surface area contributed by atoms with E-state index in [1.165, 1.54) is 18.3 Å². The molecule has 7 heteroatoms. The van der Waals surface area contributed by atoms with Crippen molar-refractivity contribution in [3.63, 3.8) is 0 Å². The normalized spacial score (nSPS) is 25.1. The topological polar surface area (TPSA) is 85.7 Å². The van der Waals surface area contributed by atoms with Gasteiger partial charge in [0.25, 0.3) is 0 Å². The lowest BCUT2D eigenvalue weighted by Crippen LogP contribution is -2.22. The number of anilines is 1. The molecule has 0 spiro atoms. The number of hydrogen-bond donors (Lipinski definition) is 3. The molecule has 0 bridgehead atoms. The van der Waals surface area contributed by atoms with Gasteiger partial charge in [0.2, 0.25) is 5.91 Å². The van der Waals surface area contributed by atoms with Crippen molar-refractivity contribution in [1.82, 2.24) is 9.88 Å². The summed E-state index contributed by atoms with van der Waals surface area (Å²) in [5.41, 5.74) is 0.833. The van der Waals surface area contributed by atoms with Crippen LogP contribution in [0, 0.1) is 0 Å². The molecule has 0 saturated carbocycles. The number of hydrogen-bond acceptors (Lipinski definition) is 6. The minimum atomic E-state index is -0.677. The van der Waals surface area contributed by atoms with Crippen LogP contribution in [0.5, 0.6) is 0 Å². The van der Waals surface area contributed by atoms with Crippen LogP contribution in [-0.2, 0) is 11.3 Å². The second-order valence-corrected chi connectivity index (χ2v) is 5.01. The first-order valence-electron chi connectivity index (χ1n) is 5.35. The Morgan fingerprint density at radius 3 is 2.82 bits per heavy atom. The lowest BCUT2D eigenvalue weighted by Gasteiger charge is -2.12. The molecule has 1 aliphatic heterocycles. The summed E-state index contributed by atoms with van der Waals surface area (Å²) in [4.78, 5) is 17.0. The molecule has 2 unspecified atom stereocenters. The molecule has 0 radical (unpaired) electrons. The molecule has 17 heavy (non-hydrogen) atoms. The second kappa shape index (κ2) is 5.09. The fraction of sp³-hybridized carbons (Fsp3) is 0.600. The van der Waals surface area contributed by atoms with E-state index in [0.29, 0.717) is 24.8 Å². The molecule has 1 saturated heterocycles. The number of aliphatic hydroxyl groups is 2. The maximum absolute atomic E-state index is 10.8. The molecule has 94 valence electrons. The maximum Gasteiger partial charge on any atom is 0.223 e. The fourth-order valence-corrected chi connectivity index (χ4v) is 2.54. The van der Waals surface area contributed by atoms with E-state index < -0.39 is 12.2 Å². The summed E-state index contributed by atoms with van der Waals surface area (Å²) in [6.07, 6.45) is -1.35. The van der Waals surface area contributed by atoms with Crippen LogP contribution in [0.2, 0.25) is 0 Å². The standard InChI is InChI=1S/C10H15N3O3S/c1-6(14)11-10-12-7(5-17-10)2-13-3-8(15)9(16)4-13/h5,8-9,15-16H,2-4H2,1H3,(H,11,12,14). The Balaban J connectivity index is 1.91. The second-order valence-electron chi connectivity index (χ2n) is 4.15. The lowest BCUT2D eigenvalue weighted by molar-refractivity contribution is -0.114. The summed E-state index contributed by atoms with van der Waals surface area (Å²) >= 11 is 1.37. The Labute approximate surface area is 103 Å². The number of thiazole rings is 1. The molecule has 3 N–H and O–H groups in total. The van der Waals surface area contributed by atoms with Gasteiger partial charge in [-0.2, -0.15) is 0 Å². The molecule has 1 aromatic heterocycles. The first-order valence-corrected chi connectivity index (χ1v) is 6.23. The van der Waals surface area contributed by atoms with Gasteiger partial charge in [-0.15, -0.1) is 11.3 Å². The predicted octanol–water partition coefficient (Wildman–Crippen LogP) is -0.361. The molecule has 0 aromatic carbocycles. The largest absolute Gasteiger partial charge is 0.389 e. The molecule has 2 rings (SSSR count). The van der Waals surface area contributed by atoms with Gasteiger partial charge < -0.3 is 15.5 Å². The molecule has 0 aliphatic carbocycles. The van der Waals surface area contributed by atoms with Gasteiger partial charge in [0.15, 0.2) is 5.13 Å². The van der Waals surface area contributed by atoms with Gasteiger partial charge in [0.1, 0.15) is 0 Å². The van der Waals surface area contributed by atoms with Gasteiger partial charge >= 0.3 is 0 Å². The number of nitrogens with one attached hydrogen (secondary N) is 1. The maximum atomic E-state index is 10.8. The summed E-state index contributed by atoms with van der Waals surface area (Å²) in [7, 11) is 0. The van der Waals surface area contributed by atoms with Crippen molar-refractivity contribution in [3.8, 4) is 0 Å². The fourth-order valence-electron chi connectivity index (χ4n) is 1.79. The quantitative estimate of drug-likeness (QED) is 0.688. The van der Waals surface area contributed by atoms with Gasteiger partial charge in [0, 0.05) is 31.9 Å². The van der Waals surface area contributed by atoms with Crippen LogP contribution in [0.4, 0.5) is 5.13 Å². The zero-order valence-electron chi connectivity index (χ0n) is 9.46. The molecule has 1 aromatic rings. The van der Waals surface area contributed by atoms with E-state index in [0.717, 1.165) is 5.69 Å². The van der Waals surface area contributed by atoms with E-state index >= 15 is 0 Å². The highest BCUT2D eigenvalue weighted by Crippen LogP contribution is 2.19. The van der Waals surface area contributed by atoms with Crippen LogP contribution in [0.15, 0.2) is 5.38 Å². The molecule has 1 amide bonds. The monoisotopic (exact) mass is 257 g/mol. The number of likely N-dealkylation sites (tertiary alicyclic amines) is 1. The smallest absolute Gasteiger partial charge is 0.223 e. The summed E-state index contributed by atoms with van der Waals surface area (Å²) in [6, 6.07) is 0. The minimum Gasteiger partial charge on any atom is -0.389 e. The molecule has 1 fully saturated rings. The van der Waals surface area contributed by atoms with E-state index in [1.54, 1.807) is 0 Å².